The standard InChI is InChI=1S/C16H17O2P/c1-3-11(2)12-8-9-15-14(10-12)13-6-4-5-7-16(13)19(17)18-15/h4-11,19H,3H2,1-2H3. The molecule has 3 heteroatoms. The van der Waals surface area contributed by atoms with Gasteiger partial charge in [-0.1, -0.05) is 38.1 Å². The van der Waals surface area contributed by atoms with Crippen molar-refractivity contribution in [3.8, 4) is 16.9 Å². The normalized spacial score (nSPS) is 18.1. The van der Waals surface area contributed by atoms with Gasteiger partial charge < -0.3 is 4.52 Å². The van der Waals surface area contributed by atoms with Crippen molar-refractivity contribution in [2.24, 2.45) is 0 Å². The third-order valence-electron chi connectivity index (χ3n) is 3.82. The van der Waals surface area contributed by atoms with E-state index in [0.717, 1.165) is 28.6 Å². The van der Waals surface area contributed by atoms with Crippen LogP contribution in [-0.4, -0.2) is 0 Å². The van der Waals surface area contributed by atoms with E-state index in [1.807, 2.05) is 30.3 Å². The molecule has 0 saturated heterocycles. The van der Waals surface area contributed by atoms with E-state index in [1.165, 1.54) is 5.56 Å². The molecule has 0 amide bonds. The van der Waals surface area contributed by atoms with Crippen LogP contribution in [0, 0.1) is 0 Å². The molecule has 2 aromatic rings. The molecule has 2 aromatic carbocycles. The van der Waals surface area contributed by atoms with E-state index in [4.69, 9.17) is 4.52 Å². The quantitative estimate of drug-likeness (QED) is 0.759. The van der Waals surface area contributed by atoms with Gasteiger partial charge >= 0.3 is 0 Å². The second kappa shape index (κ2) is 4.86. The molecule has 1 aliphatic rings. The van der Waals surface area contributed by atoms with Crippen LogP contribution < -0.4 is 9.83 Å². The van der Waals surface area contributed by atoms with Gasteiger partial charge in [0.05, 0.1) is 5.30 Å². The summed E-state index contributed by atoms with van der Waals surface area (Å²) in [6.07, 6.45) is 1.11. The van der Waals surface area contributed by atoms with E-state index in [1.54, 1.807) is 0 Å². The molecular weight excluding hydrogens is 255 g/mol. The summed E-state index contributed by atoms with van der Waals surface area (Å²) in [5.41, 5.74) is 3.43. The minimum atomic E-state index is -2.15. The van der Waals surface area contributed by atoms with Gasteiger partial charge in [0.15, 0.2) is 0 Å². The Balaban J connectivity index is 2.18. The highest BCUT2D eigenvalue weighted by Gasteiger charge is 2.22. The SMILES string of the molecule is CCC(C)c1ccc2c(c1)-c1ccccc1[PH](=O)O2. The molecule has 1 aliphatic heterocycles. The van der Waals surface area contributed by atoms with E-state index < -0.39 is 8.03 Å². The lowest BCUT2D eigenvalue weighted by molar-refractivity contribution is 0.513. The molecule has 1 heterocycles. The van der Waals surface area contributed by atoms with Crippen LogP contribution in [0.25, 0.3) is 11.1 Å². The van der Waals surface area contributed by atoms with Gasteiger partial charge in [0, 0.05) is 5.56 Å². The van der Waals surface area contributed by atoms with Gasteiger partial charge in [0.25, 0.3) is 8.03 Å². The number of benzene rings is 2. The van der Waals surface area contributed by atoms with Gasteiger partial charge in [-0.05, 0) is 41.7 Å². The van der Waals surface area contributed by atoms with Gasteiger partial charge in [-0.25, -0.2) is 0 Å². The number of fused-ring (bicyclic) bond motifs is 3. The van der Waals surface area contributed by atoms with Gasteiger partial charge in [-0.3, -0.25) is 4.57 Å². The Bertz CT molecular complexity index is 649. The minimum absolute atomic E-state index is 0.524. The molecule has 98 valence electrons. The first-order chi connectivity index (χ1) is 9.20. The summed E-state index contributed by atoms with van der Waals surface area (Å²) in [6, 6.07) is 14.0. The third-order valence-corrected chi connectivity index (χ3v) is 5.11. The van der Waals surface area contributed by atoms with Crippen LogP contribution in [-0.2, 0) is 4.57 Å². The monoisotopic (exact) mass is 272 g/mol. The van der Waals surface area contributed by atoms with Crippen molar-refractivity contribution in [3.05, 3.63) is 48.0 Å². The second-order valence-corrected chi connectivity index (χ2v) is 6.32. The zero-order chi connectivity index (χ0) is 13.4. The topological polar surface area (TPSA) is 26.3 Å². The predicted molar refractivity (Wildman–Crippen MR) is 79.8 cm³/mol. The van der Waals surface area contributed by atoms with Crippen molar-refractivity contribution in [3.63, 3.8) is 0 Å². The van der Waals surface area contributed by atoms with Crippen LogP contribution in [0.5, 0.6) is 5.75 Å². The summed E-state index contributed by atoms with van der Waals surface area (Å²) >= 11 is 0. The third kappa shape index (κ3) is 2.11. The Morgan fingerprint density at radius 2 is 1.95 bits per heavy atom. The summed E-state index contributed by atoms with van der Waals surface area (Å²) in [5.74, 6) is 1.27. The molecule has 0 saturated carbocycles. The Hall–Kier alpha value is -1.53. The van der Waals surface area contributed by atoms with E-state index >= 15 is 0 Å². The van der Waals surface area contributed by atoms with Crippen LogP contribution in [0.3, 0.4) is 0 Å². The fraction of sp³-hybridized carbons (Fsp3) is 0.250. The molecule has 0 N–H and O–H groups in total. The predicted octanol–water partition coefficient (Wildman–Crippen LogP) is 4.36. The van der Waals surface area contributed by atoms with Crippen molar-refractivity contribution in [1.29, 1.82) is 0 Å². The highest BCUT2D eigenvalue weighted by atomic mass is 31.1. The summed E-state index contributed by atoms with van der Waals surface area (Å²) in [7, 11) is -2.15. The van der Waals surface area contributed by atoms with E-state index in [2.05, 4.69) is 26.0 Å². The molecule has 2 nitrogen and oxygen atoms in total. The largest absolute Gasteiger partial charge is 0.441 e. The first kappa shape index (κ1) is 12.5. The average molecular weight is 272 g/mol. The van der Waals surface area contributed by atoms with Gasteiger partial charge in [-0.2, -0.15) is 0 Å². The molecule has 0 fully saturated rings. The number of hydrogen-bond acceptors (Lipinski definition) is 2. The van der Waals surface area contributed by atoms with Crippen LogP contribution in [0.2, 0.25) is 0 Å². The lowest BCUT2D eigenvalue weighted by Crippen LogP contribution is -2.10. The fourth-order valence-corrected chi connectivity index (χ4v) is 3.60. The molecule has 2 unspecified atom stereocenters. The molecule has 3 rings (SSSR count). The smallest absolute Gasteiger partial charge is 0.266 e. The maximum Gasteiger partial charge on any atom is 0.266 e. The molecule has 0 aliphatic carbocycles. The average Bonchev–Trinajstić information content (AvgIpc) is 2.46. The summed E-state index contributed by atoms with van der Waals surface area (Å²) in [5, 5.41) is 0.835. The van der Waals surface area contributed by atoms with Crippen molar-refractivity contribution >= 4 is 13.3 Å². The number of rotatable bonds is 2. The molecule has 19 heavy (non-hydrogen) atoms. The van der Waals surface area contributed by atoms with Crippen LogP contribution in [0.4, 0.5) is 0 Å². The first-order valence-corrected chi connectivity index (χ1v) is 7.98. The summed E-state index contributed by atoms with van der Waals surface area (Å²) in [6.45, 7) is 4.41. The van der Waals surface area contributed by atoms with Crippen molar-refractivity contribution in [1.82, 2.24) is 0 Å². The summed E-state index contributed by atoms with van der Waals surface area (Å²) < 4.78 is 17.7. The maximum absolute atomic E-state index is 12.1. The number of hydrogen-bond donors (Lipinski definition) is 0. The Morgan fingerprint density at radius 1 is 1.16 bits per heavy atom. The van der Waals surface area contributed by atoms with Crippen LogP contribution in [0.1, 0.15) is 31.7 Å². The summed E-state index contributed by atoms with van der Waals surface area (Å²) in [4.78, 5) is 0. The zero-order valence-corrected chi connectivity index (χ0v) is 12.1. The second-order valence-electron chi connectivity index (χ2n) is 5.00. The minimum Gasteiger partial charge on any atom is -0.441 e. The van der Waals surface area contributed by atoms with Gasteiger partial charge in [0.2, 0.25) is 0 Å². The maximum atomic E-state index is 12.1. The Labute approximate surface area is 114 Å². The fourth-order valence-electron chi connectivity index (χ4n) is 2.44. The lowest BCUT2D eigenvalue weighted by atomic mass is 9.94. The van der Waals surface area contributed by atoms with Crippen LogP contribution >= 0.6 is 8.03 Å². The Morgan fingerprint density at radius 3 is 2.74 bits per heavy atom. The molecular formula is C16H17O2P. The van der Waals surface area contributed by atoms with E-state index in [-0.39, 0.29) is 0 Å². The van der Waals surface area contributed by atoms with Gasteiger partial charge in [-0.15, -0.1) is 0 Å². The molecule has 0 aromatic heterocycles. The molecule has 0 bridgehead atoms. The van der Waals surface area contributed by atoms with E-state index in [9.17, 15) is 4.57 Å². The van der Waals surface area contributed by atoms with Gasteiger partial charge in [0.1, 0.15) is 5.75 Å². The van der Waals surface area contributed by atoms with Crippen molar-refractivity contribution < 1.29 is 9.09 Å². The highest BCUT2D eigenvalue weighted by molar-refractivity contribution is 7.49. The van der Waals surface area contributed by atoms with E-state index in [0.29, 0.717) is 5.92 Å². The first-order valence-electron chi connectivity index (χ1n) is 6.66. The van der Waals surface area contributed by atoms with Crippen molar-refractivity contribution in [2.45, 2.75) is 26.2 Å². The molecule has 2 atom stereocenters. The van der Waals surface area contributed by atoms with Crippen LogP contribution in [0.15, 0.2) is 42.5 Å². The molecule has 0 radical (unpaired) electrons. The highest BCUT2D eigenvalue weighted by Crippen LogP contribution is 2.43. The zero-order valence-electron chi connectivity index (χ0n) is 11.1. The molecule has 0 spiro atoms. The Kier molecular flexibility index (Phi) is 3.20. The van der Waals surface area contributed by atoms with Crippen molar-refractivity contribution in [2.75, 3.05) is 0 Å². The lowest BCUT2D eigenvalue weighted by Gasteiger charge is -2.22.